The number of hydrogen-bond acceptors (Lipinski definition) is 8. The summed E-state index contributed by atoms with van der Waals surface area (Å²) in [5, 5.41) is 15.7. The lowest BCUT2D eigenvalue weighted by Crippen LogP contribution is -2.27. The van der Waals surface area contributed by atoms with Crippen molar-refractivity contribution in [2.24, 2.45) is 0 Å². The minimum absolute atomic E-state index is 0.158. The standard InChI is InChI=1S/C26H23ClFN4O3PS2/c1-5-37-24-30-20-18(22(27)31-24)13-10-34-9-12(13)17(21(20)36)19-14(28)6-7-15-16(19)11(8-29)23(38-15)32-25(33)35-26(2,3)4/h6-7H,5,9-10,36H2,1-4H3,(H,32,33). The first-order chi connectivity index (χ1) is 18.0. The maximum absolute atomic E-state index is 15.8. The number of anilines is 1. The number of hydrogen-bond donors (Lipinski definition) is 1. The van der Waals surface area contributed by atoms with Crippen molar-refractivity contribution in [3.05, 3.63) is 39.8 Å². The highest BCUT2D eigenvalue weighted by molar-refractivity contribution is 7.99. The third kappa shape index (κ3) is 4.72. The first-order valence-electron chi connectivity index (χ1n) is 11.7. The minimum Gasteiger partial charge on any atom is -0.444 e. The first-order valence-corrected chi connectivity index (χ1v) is 14.5. The van der Waals surface area contributed by atoms with Gasteiger partial charge in [-0.15, -0.1) is 20.6 Å². The average Bonchev–Trinajstić information content (AvgIpc) is 3.43. The molecule has 0 fully saturated rings. The van der Waals surface area contributed by atoms with Crippen LogP contribution in [-0.4, -0.2) is 27.4 Å². The molecule has 5 rings (SSSR count). The van der Waals surface area contributed by atoms with Crippen molar-refractivity contribution in [2.45, 2.75) is 51.7 Å². The molecule has 1 atom stereocenters. The zero-order valence-electron chi connectivity index (χ0n) is 21.0. The van der Waals surface area contributed by atoms with Gasteiger partial charge in [0.2, 0.25) is 0 Å². The molecule has 1 amide bonds. The summed E-state index contributed by atoms with van der Waals surface area (Å²) < 4.78 is 27.6. The number of ether oxygens (including phenoxy) is 2. The van der Waals surface area contributed by atoms with Gasteiger partial charge >= 0.3 is 6.09 Å². The van der Waals surface area contributed by atoms with Crippen LogP contribution in [-0.2, 0) is 22.7 Å². The Balaban J connectivity index is 1.80. The zero-order valence-corrected chi connectivity index (χ0v) is 24.5. The maximum Gasteiger partial charge on any atom is 0.412 e. The SMILES string of the molecule is CCSc1nc(Cl)c2c3c(c(-c4c(F)ccc5sc(NC(=O)OC(C)(C)C)c(C#N)c45)c(P)c2n1)COC3. The van der Waals surface area contributed by atoms with E-state index in [1.807, 2.05) is 6.92 Å². The fourth-order valence-corrected chi connectivity index (χ4v) is 6.99. The van der Waals surface area contributed by atoms with E-state index in [9.17, 15) is 10.1 Å². The van der Waals surface area contributed by atoms with Gasteiger partial charge in [-0.3, -0.25) is 5.32 Å². The molecule has 196 valence electrons. The molecule has 0 saturated heterocycles. The number of fused-ring (bicyclic) bond motifs is 4. The summed E-state index contributed by atoms with van der Waals surface area (Å²) in [4.78, 5) is 21.7. The van der Waals surface area contributed by atoms with Gasteiger partial charge in [0.25, 0.3) is 0 Å². The van der Waals surface area contributed by atoms with Crippen LogP contribution in [0.25, 0.3) is 32.1 Å². The van der Waals surface area contributed by atoms with Crippen molar-refractivity contribution in [2.75, 3.05) is 11.1 Å². The second kappa shape index (κ2) is 10.2. The molecule has 1 unspecified atom stereocenters. The van der Waals surface area contributed by atoms with E-state index in [1.54, 1.807) is 26.8 Å². The van der Waals surface area contributed by atoms with Gasteiger partial charge in [0.05, 0.1) is 24.3 Å². The van der Waals surface area contributed by atoms with Crippen molar-refractivity contribution in [1.82, 2.24) is 9.97 Å². The Hall–Kier alpha value is -2.54. The average molecular weight is 589 g/mol. The Kier molecular flexibility index (Phi) is 7.27. The molecule has 38 heavy (non-hydrogen) atoms. The van der Waals surface area contributed by atoms with E-state index in [0.29, 0.717) is 42.2 Å². The van der Waals surface area contributed by atoms with E-state index in [0.717, 1.165) is 16.9 Å². The molecule has 3 heterocycles. The molecule has 12 heteroatoms. The molecule has 0 spiro atoms. The van der Waals surface area contributed by atoms with Gasteiger partial charge in [-0.1, -0.05) is 30.3 Å². The van der Waals surface area contributed by atoms with Gasteiger partial charge in [-0.25, -0.2) is 19.2 Å². The van der Waals surface area contributed by atoms with Crippen LogP contribution < -0.4 is 10.6 Å². The summed E-state index contributed by atoms with van der Waals surface area (Å²) in [5.41, 5.74) is 2.43. The number of rotatable bonds is 4. The monoisotopic (exact) mass is 588 g/mol. The molecule has 0 radical (unpaired) electrons. The smallest absolute Gasteiger partial charge is 0.412 e. The summed E-state index contributed by atoms with van der Waals surface area (Å²) in [6.07, 6.45) is -0.693. The van der Waals surface area contributed by atoms with Crippen LogP contribution in [0.1, 0.15) is 44.4 Å². The highest BCUT2D eigenvalue weighted by Crippen LogP contribution is 2.46. The summed E-state index contributed by atoms with van der Waals surface area (Å²) in [6, 6.07) is 5.14. The highest BCUT2D eigenvalue weighted by atomic mass is 35.5. The highest BCUT2D eigenvalue weighted by Gasteiger charge is 2.30. The van der Waals surface area contributed by atoms with Crippen molar-refractivity contribution in [3.63, 3.8) is 0 Å². The molecule has 1 aliphatic heterocycles. The van der Waals surface area contributed by atoms with E-state index < -0.39 is 17.5 Å². The van der Waals surface area contributed by atoms with Crippen LogP contribution in [0, 0.1) is 17.1 Å². The Morgan fingerprint density at radius 2 is 2.03 bits per heavy atom. The molecular formula is C26H23ClFN4O3PS2. The zero-order chi connectivity index (χ0) is 27.4. The molecule has 0 aliphatic carbocycles. The van der Waals surface area contributed by atoms with Crippen molar-refractivity contribution >= 4 is 81.3 Å². The predicted octanol–water partition coefficient (Wildman–Crippen LogP) is 7.17. The number of carbonyl (C=O) groups excluding carboxylic acids is 1. The number of nitrogens with zero attached hydrogens (tertiary/aromatic N) is 3. The van der Waals surface area contributed by atoms with Gasteiger partial charge in [0.1, 0.15) is 27.6 Å². The predicted molar refractivity (Wildman–Crippen MR) is 154 cm³/mol. The number of halogens is 2. The number of thiophene rings is 1. The fourth-order valence-electron chi connectivity index (χ4n) is 4.51. The quantitative estimate of drug-likeness (QED) is 0.117. The van der Waals surface area contributed by atoms with Gasteiger partial charge in [0, 0.05) is 31.9 Å². The number of aromatic nitrogens is 2. The summed E-state index contributed by atoms with van der Waals surface area (Å²) >= 11 is 9.27. The van der Waals surface area contributed by atoms with Crippen LogP contribution in [0.3, 0.4) is 0 Å². The van der Waals surface area contributed by atoms with E-state index in [2.05, 4.69) is 25.6 Å². The van der Waals surface area contributed by atoms with E-state index in [-0.39, 0.29) is 29.3 Å². The van der Waals surface area contributed by atoms with Gasteiger partial charge in [0.15, 0.2) is 5.16 Å². The van der Waals surface area contributed by atoms with Crippen LogP contribution in [0.4, 0.5) is 14.2 Å². The van der Waals surface area contributed by atoms with Gasteiger partial charge in [-0.2, -0.15) is 5.26 Å². The van der Waals surface area contributed by atoms with E-state index >= 15 is 4.39 Å². The first kappa shape index (κ1) is 27.0. The summed E-state index contributed by atoms with van der Waals surface area (Å²) in [6.45, 7) is 7.77. The second-order valence-corrected chi connectivity index (χ2v) is 12.8. The molecule has 2 aromatic carbocycles. The summed E-state index contributed by atoms with van der Waals surface area (Å²) in [5.74, 6) is 0.257. The molecule has 4 aromatic rings. The molecule has 7 nitrogen and oxygen atoms in total. The molecular weight excluding hydrogens is 566 g/mol. The maximum atomic E-state index is 15.8. The molecule has 0 saturated carbocycles. The third-order valence-electron chi connectivity index (χ3n) is 5.88. The number of nitriles is 1. The third-order valence-corrected chi connectivity index (χ3v) is 8.52. The van der Waals surface area contributed by atoms with Crippen LogP contribution in [0.2, 0.25) is 5.15 Å². The fraction of sp³-hybridized carbons (Fsp3) is 0.308. The minimum atomic E-state index is -0.719. The lowest BCUT2D eigenvalue weighted by atomic mass is 9.91. The molecule has 1 N–H and O–H groups in total. The lowest BCUT2D eigenvalue weighted by molar-refractivity contribution is 0.0636. The Labute approximate surface area is 234 Å². The largest absolute Gasteiger partial charge is 0.444 e. The normalized spacial score (nSPS) is 13.1. The van der Waals surface area contributed by atoms with Crippen molar-refractivity contribution in [1.29, 1.82) is 5.26 Å². The molecule has 2 aromatic heterocycles. The summed E-state index contributed by atoms with van der Waals surface area (Å²) in [7, 11) is 2.68. The topological polar surface area (TPSA) is 97.1 Å². The second-order valence-electron chi connectivity index (χ2n) is 9.53. The van der Waals surface area contributed by atoms with Crippen LogP contribution in [0.15, 0.2) is 17.3 Å². The number of nitrogens with one attached hydrogen (secondary N) is 1. The van der Waals surface area contributed by atoms with Crippen LogP contribution >= 0.6 is 43.9 Å². The Morgan fingerprint density at radius 3 is 2.71 bits per heavy atom. The molecule has 0 bridgehead atoms. The number of thioether (sulfide) groups is 1. The Morgan fingerprint density at radius 1 is 1.29 bits per heavy atom. The number of carbonyl (C=O) groups is 1. The van der Waals surface area contributed by atoms with Crippen molar-refractivity contribution < 1.29 is 18.7 Å². The van der Waals surface area contributed by atoms with E-state index in [1.165, 1.54) is 29.2 Å². The Bertz CT molecular complexity index is 1680. The molecule has 1 aliphatic rings. The number of amides is 1. The van der Waals surface area contributed by atoms with Crippen molar-refractivity contribution in [3.8, 4) is 17.2 Å². The number of benzene rings is 2. The van der Waals surface area contributed by atoms with Crippen LogP contribution in [0.5, 0.6) is 0 Å². The van der Waals surface area contributed by atoms with E-state index in [4.69, 9.17) is 26.1 Å². The lowest BCUT2D eigenvalue weighted by Gasteiger charge is -2.19. The van der Waals surface area contributed by atoms with Gasteiger partial charge in [-0.05, 0) is 49.8 Å². The van der Waals surface area contributed by atoms with Gasteiger partial charge < -0.3 is 9.47 Å².